The minimum Gasteiger partial charge on any atom is -0.452 e. The number of nitrogens with zero attached hydrogens (tertiary/aromatic N) is 1. The molecule has 5 heteroatoms. The summed E-state index contributed by atoms with van der Waals surface area (Å²) < 4.78 is 5.63. The van der Waals surface area contributed by atoms with Crippen LogP contribution >= 0.6 is 0 Å². The van der Waals surface area contributed by atoms with E-state index in [1.54, 1.807) is 0 Å². The molecular weight excluding hydrogens is 448 g/mol. The second-order valence-corrected chi connectivity index (χ2v) is 10.4. The van der Waals surface area contributed by atoms with Gasteiger partial charge in [-0.15, -0.1) is 0 Å². The lowest BCUT2D eigenvalue weighted by atomic mass is 9.80. The maximum atomic E-state index is 13.5. The van der Waals surface area contributed by atoms with Gasteiger partial charge in [-0.05, 0) is 66.4 Å². The Morgan fingerprint density at radius 3 is 2.56 bits per heavy atom. The lowest BCUT2D eigenvalue weighted by Crippen LogP contribution is -2.42. The molecule has 2 aromatic carbocycles. The van der Waals surface area contributed by atoms with E-state index in [-0.39, 0.29) is 18.6 Å². The van der Waals surface area contributed by atoms with Gasteiger partial charge in [-0.3, -0.25) is 4.79 Å². The number of fused-ring (bicyclic) bond motifs is 2. The maximum Gasteiger partial charge on any atom is 0.339 e. The minimum absolute atomic E-state index is 0.158. The average molecular weight is 483 g/mol. The summed E-state index contributed by atoms with van der Waals surface area (Å²) in [6.07, 6.45) is 8.25. The van der Waals surface area contributed by atoms with Crippen molar-refractivity contribution < 1.29 is 14.3 Å². The number of carbonyl (C=O) groups excluding carboxylic acids is 2. The van der Waals surface area contributed by atoms with Crippen molar-refractivity contribution in [3.63, 3.8) is 0 Å². The molecule has 0 saturated heterocycles. The highest BCUT2D eigenvalue weighted by molar-refractivity contribution is 6.07. The fraction of sp³-hybridized carbons (Fsp3) is 0.387. The number of carbonyl (C=O) groups is 2. The van der Waals surface area contributed by atoms with Crippen LogP contribution in [0, 0.1) is 11.8 Å². The molecule has 3 aromatic rings. The van der Waals surface area contributed by atoms with Crippen molar-refractivity contribution in [3.8, 4) is 0 Å². The van der Waals surface area contributed by atoms with Crippen LogP contribution in [0.2, 0.25) is 0 Å². The third-order valence-electron chi connectivity index (χ3n) is 7.56. The van der Waals surface area contributed by atoms with Crippen LogP contribution < -0.4 is 5.32 Å². The van der Waals surface area contributed by atoms with E-state index in [0.29, 0.717) is 17.4 Å². The Kier molecular flexibility index (Phi) is 7.17. The molecule has 0 radical (unpaired) electrons. The standard InChI is InChI=1S/C31H34N2O3/c1-20-16-23(18-22-11-4-3-5-12-22)30-25(17-20)29(24-13-7-9-15-27(24)33-30)31(35)36-19-28(34)32-26-14-8-6-10-21(26)2/h3-5,7,9,11-13,15,18,20-21,26H,6,8,10,14,16-17,19H2,1-2H3,(H,32,34). The molecule has 2 aliphatic rings. The van der Waals surface area contributed by atoms with Gasteiger partial charge < -0.3 is 10.1 Å². The average Bonchev–Trinajstić information content (AvgIpc) is 2.88. The van der Waals surface area contributed by atoms with E-state index >= 15 is 0 Å². The van der Waals surface area contributed by atoms with Crippen LogP contribution in [0.1, 0.15) is 73.1 Å². The number of pyridine rings is 1. The van der Waals surface area contributed by atoms with Gasteiger partial charge in [0.15, 0.2) is 6.61 Å². The number of esters is 1. The third kappa shape index (κ3) is 5.20. The smallest absolute Gasteiger partial charge is 0.339 e. The monoisotopic (exact) mass is 482 g/mol. The predicted octanol–water partition coefficient (Wildman–Crippen LogP) is 6.21. The Morgan fingerprint density at radius 1 is 1.00 bits per heavy atom. The van der Waals surface area contributed by atoms with E-state index < -0.39 is 5.97 Å². The normalized spacial score (nSPS) is 22.7. The number of ether oxygens (including phenoxy) is 1. The highest BCUT2D eigenvalue weighted by Gasteiger charge is 2.29. The number of benzene rings is 2. The summed E-state index contributed by atoms with van der Waals surface area (Å²) in [6.45, 7) is 4.10. The zero-order valence-electron chi connectivity index (χ0n) is 21.1. The molecule has 0 aliphatic heterocycles. The fourth-order valence-corrected chi connectivity index (χ4v) is 5.70. The number of amides is 1. The van der Waals surface area contributed by atoms with Crippen LogP contribution in [0.25, 0.3) is 22.6 Å². The van der Waals surface area contributed by atoms with Crippen LogP contribution in [-0.4, -0.2) is 29.5 Å². The second kappa shape index (κ2) is 10.7. The van der Waals surface area contributed by atoms with Crippen LogP contribution in [0.3, 0.4) is 0 Å². The summed E-state index contributed by atoms with van der Waals surface area (Å²) in [5, 5.41) is 3.85. The van der Waals surface area contributed by atoms with E-state index in [1.165, 1.54) is 6.42 Å². The van der Waals surface area contributed by atoms with Gasteiger partial charge in [0.2, 0.25) is 0 Å². The largest absolute Gasteiger partial charge is 0.452 e. The lowest BCUT2D eigenvalue weighted by molar-refractivity contribution is -0.125. The molecule has 3 atom stereocenters. The molecule has 3 unspecified atom stereocenters. The van der Waals surface area contributed by atoms with E-state index in [1.807, 2.05) is 42.5 Å². The van der Waals surface area contributed by atoms with Crippen LogP contribution in [-0.2, 0) is 16.0 Å². The number of hydrogen-bond acceptors (Lipinski definition) is 4. The first kappa shape index (κ1) is 24.2. The number of rotatable bonds is 5. The van der Waals surface area contributed by atoms with Gasteiger partial charge in [-0.25, -0.2) is 9.78 Å². The van der Waals surface area contributed by atoms with E-state index in [2.05, 4.69) is 37.4 Å². The van der Waals surface area contributed by atoms with E-state index in [9.17, 15) is 9.59 Å². The van der Waals surface area contributed by atoms with E-state index in [4.69, 9.17) is 9.72 Å². The molecule has 1 heterocycles. The van der Waals surface area contributed by atoms with Crippen molar-refractivity contribution in [3.05, 3.63) is 77.0 Å². The van der Waals surface area contributed by atoms with E-state index in [0.717, 1.165) is 65.4 Å². The molecule has 1 N–H and O–H groups in total. The Labute approximate surface area is 213 Å². The SMILES string of the molecule is CC1CC(=Cc2ccccc2)c2nc3ccccc3c(C(=O)OCC(=O)NC3CCCCC3C)c2C1. The Morgan fingerprint density at radius 2 is 1.75 bits per heavy atom. The number of para-hydroxylation sites is 1. The van der Waals surface area contributed by atoms with Crippen LogP contribution in [0.5, 0.6) is 0 Å². The quantitative estimate of drug-likeness (QED) is 0.439. The van der Waals surface area contributed by atoms with Gasteiger partial charge in [-0.1, -0.05) is 75.2 Å². The van der Waals surface area contributed by atoms with Crippen molar-refractivity contribution in [2.75, 3.05) is 6.61 Å². The summed E-state index contributed by atoms with van der Waals surface area (Å²) >= 11 is 0. The van der Waals surface area contributed by atoms with Gasteiger partial charge in [0.25, 0.3) is 5.91 Å². The molecule has 1 aromatic heterocycles. The lowest BCUT2D eigenvalue weighted by Gasteiger charge is -2.29. The van der Waals surface area contributed by atoms with Crippen LogP contribution in [0.4, 0.5) is 0 Å². The Bertz CT molecular complexity index is 1300. The number of nitrogens with one attached hydrogen (secondary N) is 1. The van der Waals surface area contributed by atoms with Crippen molar-refractivity contribution in [2.45, 2.75) is 58.4 Å². The highest BCUT2D eigenvalue weighted by atomic mass is 16.5. The van der Waals surface area contributed by atoms with Crippen molar-refractivity contribution in [1.82, 2.24) is 10.3 Å². The first-order valence-electron chi connectivity index (χ1n) is 13.1. The minimum atomic E-state index is -0.454. The van der Waals surface area contributed by atoms with Gasteiger partial charge in [0.05, 0.1) is 16.8 Å². The molecule has 0 spiro atoms. The molecule has 186 valence electrons. The summed E-state index contributed by atoms with van der Waals surface area (Å²) in [5.74, 6) is 0.126. The first-order chi connectivity index (χ1) is 17.5. The molecule has 1 saturated carbocycles. The van der Waals surface area contributed by atoms with Crippen molar-refractivity contribution in [2.24, 2.45) is 11.8 Å². The third-order valence-corrected chi connectivity index (χ3v) is 7.56. The molecule has 36 heavy (non-hydrogen) atoms. The number of aromatic nitrogens is 1. The summed E-state index contributed by atoms with van der Waals surface area (Å²) in [7, 11) is 0. The van der Waals surface area contributed by atoms with Gasteiger partial charge in [-0.2, -0.15) is 0 Å². The highest BCUT2D eigenvalue weighted by Crippen LogP contribution is 2.38. The summed E-state index contributed by atoms with van der Waals surface area (Å²) in [6, 6.07) is 18.1. The van der Waals surface area contributed by atoms with Gasteiger partial charge in [0, 0.05) is 11.4 Å². The molecule has 0 bridgehead atoms. The molecule has 1 amide bonds. The van der Waals surface area contributed by atoms with Gasteiger partial charge in [0.1, 0.15) is 0 Å². The molecule has 2 aliphatic carbocycles. The Balaban J connectivity index is 1.45. The molecule has 1 fully saturated rings. The van der Waals surface area contributed by atoms with Gasteiger partial charge >= 0.3 is 5.97 Å². The zero-order valence-corrected chi connectivity index (χ0v) is 21.1. The first-order valence-corrected chi connectivity index (χ1v) is 13.1. The zero-order chi connectivity index (χ0) is 25.1. The summed E-state index contributed by atoms with van der Waals surface area (Å²) in [4.78, 5) is 31.2. The molecule has 5 rings (SSSR count). The molecule has 5 nitrogen and oxygen atoms in total. The van der Waals surface area contributed by atoms with Crippen LogP contribution in [0.15, 0.2) is 54.6 Å². The van der Waals surface area contributed by atoms with Crippen molar-refractivity contribution in [1.29, 1.82) is 0 Å². The number of hydrogen-bond donors (Lipinski definition) is 1. The predicted molar refractivity (Wildman–Crippen MR) is 143 cm³/mol. The fourth-order valence-electron chi connectivity index (χ4n) is 5.70. The second-order valence-electron chi connectivity index (χ2n) is 10.4. The molecular formula is C31H34N2O3. The topological polar surface area (TPSA) is 68.3 Å². The summed E-state index contributed by atoms with van der Waals surface area (Å²) in [5.41, 5.74) is 5.32. The number of allylic oxidation sites excluding steroid dienone is 1. The maximum absolute atomic E-state index is 13.5. The van der Waals surface area contributed by atoms with Crippen molar-refractivity contribution >= 4 is 34.4 Å². The Hall–Kier alpha value is -3.47.